The number of carbonyl (C=O) groups is 1. The summed E-state index contributed by atoms with van der Waals surface area (Å²) in [5.41, 5.74) is 2.67. The lowest BCUT2D eigenvalue weighted by atomic mass is 9.67. The molecule has 0 bridgehead atoms. The normalized spacial score (nSPS) is 23.6. The molecule has 0 unspecified atom stereocenters. The van der Waals surface area contributed by atoms with Crippen molar-refractivity contribution in [2.75, 3.05) is 0 Å². The van der Waals surface area contributed by atoms with Crippen molar-refractivity contribution in [3.8, 4) is 0 Å². The van der Waals surface area contributed by atoms with Gasteiger partial charge < -0.3 is 9.67 Å². The molecule has 2 aliphatic carbocycles. The van der Waals surface area contributed by atoms with Crippen LogP contribution in [0, 0.1) is 25.7 Å². The van der Waals surface area contributed by atoms with Gasteiger partial charge in [-0.25, -0.2) is 0 Å². The Labute approximate surface area is 179 Å². The van der Waals surface area contributed by atoms with E-state index in [-0.39, 0.29) is 5.78 Å². The summed E-state index contributed by atoms with van der Waals surface area (Å²) in [5, 5.41) is 20.0. The van der Waals surface area contributed by atoms with Gasteiger partial charge in [-0.1, -0.05) is 37.6 Å². The highest BCUT2D eigenvalue weighted by molar-refractivity contribution is 5.81. The van der Waals surface area contributed by atoms with Crippen LogP contribution in [0.25, 0.3) is 0 Å². The Bertz CT molecular complexity index is 920. The van der Waals surface area contributed by atoms with Gasteiger partial charge in [-0.15, -0.1) is 10.2 Å². The van der Waals surface area contributed by atoms with Crippen LogP contribution in [-0.2, 0) is 23.2 Å². The van der Waals surface area contributed by atoms with E-state index in [2.05, 4.69) is 60.7 Å². The first-order valence-electron chi connectivity index (χ1n) is 11.5. The van der Waals surface area contributed by atoms with E-state index >= 15 is 0 Å². The minimum atomic E-state index is -0.837. The minimum Gasteiger partial charge on any atom is -0.382 e. The highest BCUT2D eigenvalue weighted by Crippen LogP contribution is 2.49. The van der Waals surface area contributed by atoms with Crippen LogP contribution in [0.2, 0.25) is 0 Å². The predicted molar refractivity (Wildman–Crippen MR) is 117 cm³/mol. The minimum absolute atomic E-state index is 0.230. The van der Waals surface area contributed by atoms with Crippen LogP contribution in [0.5, 0.6) is 0 Å². The summed E-state index contributed by atoms with van der Waals surface area (Å²) in [4.78, 5) is 12.6. The van der Waals surface area contributed by atoms with Gasteiger partial charge >= 0.3 is 0 Å². The summed E-state index contributed by atoms with van der Waals surface area (Å²) in [5.74, 6) is 3.05. The Morgan fingerprint density at radius 3 is 2.60 bits per heavy atom. The molecule has 0 radical (unpaired) electrons. The van der Waals surface area contributed by atoms with E-state index in [1.807, 2.05) is 0 Å². The summed E-state index contributed by atoms with van der Waals surface area (Å²) < 4.78 is 2.16. The third-order valence-corrected chi connectivity index (χ3v) is 6.67. The molecular weight excluding hydrogens is 374 g/mol. The topological polar surface area (TPSA) is 68.0 Å². The second kappa shape index (κ2) is 8.26. The molecule has 5 nitrogen and oxygen atoms in total. The molecule has 0 amide bonds. The van der Waals surface area contributed by atoms with Crippen LogP contribution in [0.3, 0.4) is 0 Å². The molecule has 30 heavy (non-hydrogen) atoms. The van der Waals surface area contributed by atoms with Gasteiger partial charge in [0.15, 0.2) is 5.82 Å². The SMILES string of the molecule is Cc1ccc(CC(=O)CCc2nnc(C3(O)CC(CC(C)C)C3)n2C2CC2)c(C)c1. The molecule has 1 heterocycles. The third-order valence-electron chi connectivity index (χ3n) is 6.67. The number of hydrogen-bond acceptors (Lipinski definition) is 4. The Kier molecular flexibility index (Phi) is 5.84. The zero-order valence-corrected chi connectivity index (χ0v) is 18.8. The number of Topliss-reactive ketones (excluding diaryl/α,β-unsaturated/α-hetero) is 1. The van der Waals surface area contributed by atoms with Gasteiger partial charge in [-0.3, -0.25) is 4.79 Å². The van der Waals surface area contributed by atoms with Crippen LogP contribution in [0.15, 0.2) is 18.2 Å². The molecular formula is C25H35N3O2. The van der Waals surface area contributed by atoms with Gasteiger partial charge in [0.1, 0.15) is 17.2 Å². The van der Waals surface area contributed by atoms with Gasteiger partial charge in [0.2, 0.25) is 0 Å². The summed E-state index contributed by atoms with van der Waals surface area (Å²) in [6.07, 6.45) is 6.46. The van der Waals surface area contributed by atoms with Crippen LogP contribution in [0.4, 0.5) is 0 Å². The lowest BCUT2D eigenvalue weighted by Crippen LogP contribution is -2.43. The number of carbonyl (C=O) groups excluding carboxylic acids is 1. The van der Waals surface area contributed by atoms with Gasteiger partial charge in [0.25, 0.3) is 0 Å². The smallest absolute Gasteiger partial charge is 0.165 e. The van der Waals surface area contributed by atoms with Crippen molar-refractivity contribution in [2.24, 2.45) is 11.8 Å². The van der Waals surface area contributed by atoms with E-state index in [4.69, 9.17) is 0 Å². The van der Waals surface area contributed by atoms with Crippen molar-refractivity contribution < 1.29 is 9.90 Å². The van der Waals surface area contributed by atoms with Crippen LogP contribution in [0.1, 0.15) is 86.8 Å². The molecule has 2 aromatic rings. The van der Waals surface area contributed by atoms with Gasteiger partial charge in [0, 0.05) is 25.3 Å². The molecule has 2 fully saturated rings. The molecule has 0 atom stereocenters. The van der Waals surface area contributed by atoms with E-state index in [0.717, 1.165) is 49.3 Å². The van der Waals surface area contributed by atoms with Crippen molar-refractivity contribution in [1.82, 2.24) is 14.8 Å². The average molecular weight is 410 g/mol. The van der Waals surface area contributed by atoms with E-state index < -0.39 is 5.60 Å². The Balaban J connectivity index is 1.41. The first kappa shape index (κ1) is 21.2. The summed E-state index contributed by atoms with van der Waals surface area (Å²) in [6.45, 7) is 8.61. The quantitative estimate of drug-likeness (QED) is 0.656. The maximum Gasteiger partial charge on any atom is 0.165 e. The predicted octanol–water partition coefficient (Wildman–Crippen LogP) is 4.62. The number of hydrogen-bond donors (Lipinski definition) is 1. The highest BCUT2D eigenvalue weighted by atomic mass is 16.3. The van der Waals surface area contributed by atoms with Crippen LogP contribution < -0.4 is 0 Å². The molecule has 0 spiro atoms. The zero-order chi connectivity index (χ0) is 21.5. The van der Waals surface area contributed by atoms with Gasteiger partial charge in [-0.2, -0.15) is 0 Å². The summed E-state index contributed by atoms with van der Waals surface area (Å²) >= 11 is 0. The van der Waals surface area contributed by atoms with E-state index in [1.165, 1.54) is 11.1 Å². The van der Waals surface area contributed by atoms with Crippen molar-refractivity contribution in [1.29, 1.82) is 0 Å². The Morgan fingerprint density at radius 2 is 1.97 bits per heavy atom. The maximum absolute atomic E-state index is 12.6. The fraction of sp³-hybridized carbons (Fsp3) is 0.640. The Morgan fingerprint density at radius 1 is 1.23 bits per heavy atom. The number of benzene rings is 1. The average Bonchev–Trinajstić information content (AvgIpc) is 3.39. The number of aromatic nitrogens is 3. The third kappa shape index (κ3) is 4.51. The number of aliphatic hydroxyl groups is 1. The largest absolute Gasteiger partial charge is 0.382 e. The van der Waals surface area contributed by atoms with Gasteiger partial charge in [-0.05, 0) is 68.9 Å². The molecule has 162 valence electrons. The van der Waals surface area contributed by atoms with Crippen LogP contribution >= 0.6 is 0 Å². The summed E-state index contributed by atoms with van der Waals surface area (Å²) in [6, 6.07) is 6.65. The molecule has 1 N–H and O–H groups in total. The maximum atomic E-state index is 12.6. The summed E-state index contributed by atoms with van der Waals surface area (Å²) in [7, 11) is 0. The number of nitrogens with zero attached hydrogens (tertiary/aromatic N) is 3. The van der Waals surface area contributed by atoms with E-state index in [0.29, 0.717) is 37.1 Å². The molecule has 4 rings (SSSR count). The first-order chi connectivity index (χ1) is 14.2. The highest BCUT2D eigenvalue weighted by Gasteiger charge is 2.49. The molecule has 1 aromatic carbocycles. The monoisotopic (exact) mass is 409 g/mol. The standard InChI is InChI=1S/C25H35N3O2/c1-16(2)11-19-14-25(30,15-19)24-27-26-23(28(24)21-7-8-21)10-9-22(29)13-20-6-5-17(3)12-18(20)4/h5-6,12,16,19,21,30H,7-11,13-15H2,1-4H3. The molecule has 0 saturated heterocycles. The first-order valence-corrected chi connectivity index (χ1v) is 11.5. The van der Waals surface area contributed by atoms with Crippen molar-refractivity contribution in [2.45, 2.75) is 90.7 Å². The van der Waals surface area contributed by atoms with Crippen molar-refractivity contribution in [3.05, 3.63) is 46.5 Å². The van der Waals surface area contributed by atoms with Crippen molar-refractivity contribution in [3.63, 3.8) is 0 Å². The lowest BCUT2D eigenvalue weighted by molar-refractivity contribution is -0.118. The lowest BCUT2D eigenvalue weighted by Gasteiger charge is -2.43. The fourth-order valence-corrected chi connectivity index (χ4v) is 5.04. The zero-order valence-electron chi connectivity index (χ0n) is 18.8. The second-order valence-corrected chi connectivity index (χ2v) is 10.1. The molecule has 5 heteroatoms. The van der Waals surface area contributed by atoms with E-state index in [1.54, 1.807) is 0 Å². The molecule has 0 aliphatic heterocycles. The fourth-order valence-electron chi connectivity index (χ4n) is 5.04. The van der Waals surface area contributed by atoms with Gasteiger partial charge in [0.05, 0.1) is 0 Å². The van der Waals surface area contributed by atoms with Crippen LogP contribution in [-0.4, -0.2) is 25.7 Å². The number of ketones is 1. The molecule has 2 saturated carbocycles. The number of aryl methyl sites for hydroxylation is 3. The number of rotatable bonds is 9. The second-order valence-electron chi connectivity index (χ2n) is 10.1. The van der Waals surface area contributed by atoms with Crippen molar-refractivity contribution >= 4 is 5.78 Å². The molecule has 2 aliphatic rings. The van der Waals surface area contributed by atoms with E-state index in [9.17, 15) is 9.90 Å². The molecule has 1 aromatic heterocycles. The Hall–Kier alpha value is -2.01.